The molecule has 0 bridgehead atoms. The van der Waals surface area contributed by atoms with E-state index in [1.54, 1.807) is 36.5 Å². The molecule has 0 radical (unpaired) electrons. The normalized spacial score (nSPS) is 10.2. The van der Waals surface area contributed by atoms with E-state index in [-0.39, 0.29) is 11.7 Å². The summed E-state index contributed by atoms with van der Waals surface area (Å²) in [6, 6.07) is 18.1. The van der Waals surface area contributed by atoms with Crippen molar-refractivity contribution in [2.45, 2.75) is 13.8 Å². The Hall–Kier alpha value is -3.47. The monoisotopic (exact) mass is 345 g/mol. The van der Waals surface area contributed by atoms with Gasteiger partial charge in [-0.3, -0.25) is 9.59 Å². The molecule has 3 aromatic rings. The van der Waals surface area contributed by atoms with Gasteiger partial charge in [-0.25, -0.2) is 4.98 Å². The zero-order valence-electron chi connectivity index (χ0n) is 14.6. The Morgan fingerprint density at radius 2 is 1.65 bits per heavy atom. The minimum Gasteiger partial charge on any atom is -0.354 e. The van der Waals surface area contributed by atoms with Crippen molar-refractivity contribution in [3.05, 3.63) is 83.6 Å². The highest BCUT2D eigenvalue weighted by Gasteiger charge is 2.07. The maximum Gasteiger partial charge on any atom is 0.256 e. The topological polar surface area (TPSA) is 71.1 Å². The second-order valence-electron chi connectivity index (χ2n) is 6.01. The number of carbonyl (C=O) groups excluding carboxylic acids is 2. The molecule has 26 heavy (non-hydrogen) atoms. The SMILES string of the molecule is CC(=O)c1cccc(Nc2ccc(NC(=O)c3ccc(C)cc3)nc2)c1. The smallest absolute Gasteiger partial charge is 0.256 e. The van der Waals surface area contributed by atoms with E-state index in [0.717, 1.165) is 16.9 Å². The molecule has 130 valence electrons. The molecule has 5 nitrogen and oxygen atoms in total. The number of nitrogens with zero attached hydrogens (tertiary/aromatic N) is 1. The fourth-order valence-electron chi connectivity index (χ4n) is 2.42. The van der Waals surface area contributed by atoms with Gasteiger partial charge < -0.3 is 10.6 Å². The molecule has 1 amide bonds. The second kappa shape index (κ2) is 7.61. The van der Waals surface area contributed by atoms with Crippen molar-refractivity contribution in [2.24, 2.45) is 0 Å². The van der Waals surface area contributed by atoms with Crippen LogP contribution in [0.15, 0.2) is 66.9 Å². The Morgan fingerprint density at radius 3 is 2.31 bits per heavy atom. The number of rotatable bonds is 5. The number of nitrogens with one attached hydrogen (secondary N) is 2. The van der Waals surface area contributed by atoms with Crippen molar-refractivity contribution < 1.29 is 9.59 Å². The standard InChI is InChI=1S/C21H19N3O2/c1-14-6-8-16(9-7-14)21(26)24-20-11-10-19(13-22-20)23-18-5-3-4-17(12-18)15(2)25/h3-13,23H,1-2H3,(H,22,24,26). The van der Waals surface area contributed by atoms with Gasteiger partial charge in [-0.05, 0) is 50.2 Å². The third-order valence-corrected chi connectivity index (χ3v) is 3.88. The van der Waals surface area contributed by atoms with E-state index >= 15 is 0 Å². The summed E-state index contributed by atoms with van der Waals surface area (Å²) in [7, 11) is 0. The predicted octanol–water partition coefficient (Wildman–Crippen LogP) is 4.59. The number of benzene rings is 2. The lowest BCUT2D eigenvalue weighted by Crippen LogP contribution is -2.12. The summed E-state index contributed by atoms with van der Waals surface area (Å²) in [5.41, 5.74) is 3.89. The van der Waals surface area contributed by atoms with E-state index in [2.05, 4.69) is 15.6 Å². The van der Waals surface area contributed by atoms with Crippen LogP contribution in [0.4, 0.5) is 17.2 Å². The number of anilines is 3. The van der Waals surface area contributed by atoms with Crippen LogP contribution in [0.5, 0.6) is 0 Å². The number of aromatic nitrogens is 1. The van der Waals surface area contributed by atoms with Gasteiger partial charge in [0, 0.05) is 16.8 Å². The lowest BCUT2D eigenvalue weighted by atomic mass is 10.1. The molecule has 2 N–H and O–H groups in total. The van der Waals surface area contributed by atoms with E-state index in [1.165, 1.54) is 6.92 Å². The van der Waals surface area contributed by atoms with Crippen LogP contribution in [-0.4, -0.2) is 16.7 Å². The van der Waals surface area contributed by atoms with Gasteiger partial charge in [0.1, 0.15) is 5.82 Å². The Bertz CT molecular complexity index is 932. The molecule has 0 aliphatic carbocycles. The van der Waals surface area contributed by atoms with E-state index in [1.807, 2.05) is 37.3 Å². The quantitative estimate of drug-likeness (QED) is 0.664. The summed E-state index contributed by atoms with van der Waals surface area (Å²) in [5.74, 6) is 0.284. The molecular formula is C21H19N3O2. The Balaban J connectivity index is 1.66. The molecule has 1 aromatic heterocycles. The average Bonchev–Trinajstić information content (AvgIpc) is 2.64. The number of hydrogen-bond donors (Lipinski definition) is 2. The number of amides is 1. The van der Waals surface area contributed by atoms with Crippen molar-refractivity contribution in [1.82, 2.24) is 4.98 Å². The summed E-state index contributed by atoms with van der Waals surface area (Å²) in [5, 5.41) is 5.96. The van der Waals surface area contributed by atoms with E-state index in [4.69, 9.17) is 0 Å². The molecule has 0 spiro atoms. The van der Waals surface area contributed by atoms with Crippen LogP contribution in [0.1, 0.15) is 33.2 Å². The van der Waals surface area contributed by atoms with Gasteiger partial charge in [-0.15, -0.1) is 0 Å². The summed E-state index contributed by atoms with van der Waals surface area (Å²) < 4.78 is 0. The highest BCUT2D eigenvalue weighted by molar-refractivity contribution is 6.03. The van der Waals surface area contributed by atoms with E-state index < -0.39 is 0 Å². The summed E-state index contributed by atoms with van der Waals surface area (Å²) in [4.78, 5) is 27.9. The molecule has 0 atom stereocenters. The molecular weight excluding hydrogens is 326 g/mol. The molecule has 0 aliphatic heterocycles. The molecule has 1 heterocycles. The Kier molecular flexibility index (Phi) is 5.08. The number of hydrogen-bond acceptors (Lipinski definition) is 4. The highest BCUT2D eigenvalue weighted by atomic mass is 16.1. The zero-order chi connectivity index (χ0) is 18.5. The summed E-state index contributed by atoms with van der Waals surface area (Å²) in [6.07, 6.45) is 1.63. The maximum absolute atomic E-state index is 12.2. The first-order valence-corrected chi connectivity index (χ1v) is 8.23. The third-order valence-electron chi connectivity index (χ3n) is 3.88. The third kappa shape index (κ3) is 4.33. The number of aryl methyl sites for hydroxylation is 1. The van der Waals surface area contributed by atoms with Crippen molar-refractivity contribution in [1.29, 1.82) is 0 Å². The van der Waals surface area contributed by atoms with Crippen LogP contribution in [0.25, 0.3) is 0 Å². The van der Waals surface area contributed by atoms with Gasteiger partial charge in [0.15, 0.2) is 5.78 Å². The largest absolute Gasteiger partial charge is 0.354 e. The van der Waals surface area contributed by atoms with E-state index in [0.29, 0.717) is 16.9 Å². The van der Waals surface area contributed by atoms with Crippen molar-refractivity contribution in [3.63, 3.8) is 0 Å². The first-order valence-electron chi connectivity index (χ1n) is 8.23. The lowest BCUT2D eigenvalue weighted by molar-refractivity contribution is 0.101. The van der Waals surface area contributed by atoms with Crippen LogP contribution >= 0.6 is 0 Å². The van der Waals surface area contributed by atoms with Crippen molar-refractivity contribution >= 4 is 28.9 Å². The van der Waals surface area contributed by atoms with Gasteiger partial charge in [-0.2, -0.15) is 0 Å². The first kappa shape index (κ1) is 17.4. The summed E-state index contributed by atoms with van der Waals surface area (Å²) in [6.45, 7) is 3.51. The minimum absolute atomic E-state index is 0.0148. The predicted molar refractivity (Wildman–Crippen MR) is 103 cm³/mol. The molecule has 0 aliphatic rings. The first-order chi connectivity index (χ1) is 12.5. The zero-order valence-corrected chi connectivity index (χ0v) is 14.6. The average molecular weight is 345 g/mol. The Morgan fingerprint density at radius 1 is 0.885 bits per heavy atom. The fraction of sp³-hybridized carbons (Fsp3) is 0.0952. The fourth-order valence-corrected chi connectivity index (χ4v) is 2.42. The van der Waals surface area contributed by atoms with Crippen molar-refractivity contribution in [2.75, 3.05) is 10.6 Å². The Labute approximate surface area is 152 Å². The van der Waals surface area contributed by atoms with Gasteiger partial charge in [0.2, 0.25) is 0 Å². The number of ketones is 1. The molecule has 0 fully saturated rings. The second-order valence-corrected chi connectivity index (χ2v) is 6.01. The molecule has 0 saturated heterocycles. The van der Waals surface area contributed by atoms with Crippen LogP contribution < -0.4 is 10.6 Å². The molecule has 0 unspecified atom stereocenters. The van der Waals surface area contributed by atoms with Crippen LogP contribution in [0.3, 0.4) is 0 Å². The highest BCUT2D eigenvalue weighted by Crippen LogP contribution is 2.19. The van der Waals surface area contributed by atoms with Crippen LogP contribution in [0, 0.1) is 6.92 Å². The molecule has 5 heteroatoms. The molecule has 3 rings (SSSR count). The summed E-state index contributed by atoms with van der Waals surface area (Å²) >= 11 is 0. The number of carbonyl (C=O) groups is 2. The lowest BCUT2D eigenvalue weighted by Gasteiger charge is -2.09. The maximum atomic E-state index is 12.2. The number of Topliss-reactive ketones (excluding diaryl/α,β-unsaturated/α-hetero) is 1. The minimum atomic E-state index is -0.202. The van der Waals surface area contributed by atoms with Crippen LogP contribution in [-0.2, 0) is 0 Å². The van der Waals surface area contributed by atoms with Crippen molar-refractivity contribution in [3.8, 4) is 0 Å². The van der Waals surface area contributed by atoms with Crippen LogP contribution in [0.2, 0.25) is 0 Å². The van der Waals surface area contributed by atoms with Gasteiger partial charge in [0.25, 0.3) is 5.91 Å². The number of pyridine rings is 1. The molecule has 0 saturated carbocycles. The van der Waals surface area contributed by atoms with E-state index in [9.17, 15) is 9.59 Å². The van der Waals surface area contributed by atoms with Gasteiger partial charge >= 0.3 is 0 Å². The van der Waals surface area contributed by atoms with Gasteiger partial charge in [0.05, 0.1) is 11.9 Å². The molecule has 2 aromatic carbocycles. The van der Waals surface area contributed by atoms with Gasteiger partial charge in [-0.1, -0.05) is 29.8 Å².